The first kappa shape index (κ1) is 51.0. The van der Waals surface area contributed by atoms with Gasteiger partial charge in [-0.25, -0.2) is 0 Å². The van der Waals surface area contributed by atoms with E-state index in [4.69, 9.17) is 37.4 Å². The molecule has 306 valence electrons. The number of Topliss-reactive ketones (excluding diaryl/α,β-unsaturated/α-hetero) is 1. The molecule has 0 aromatic heterocycles. The number of ether oxygens (including phenoxy) is 3. The maximum Gasteiger partial charge on any atom is 2.00 e. The number of nitrogens with zero attached hydrogens (tertiary/aromatic N) is 2. The van der Waals surface area contributed by atoms with Crippen molar-refractivity contribution < 1.29 is 41.1 Å². The van der Waals surface area contributed by atoms with Gasteiger partial charge >= 0.3 is 23.1 Å². The Morgan fingerprint density at radius 3 is 1.65 bits per heavy atom. The summed E-state index contributed by atoms with van der Waals surface area (Å²) in [4.78, 5) is 17.0. The predicted octanol–water partition coefficient (Wildman–Crippen LogP) is 6.52. The summed E-state index contributed by atoms with van der Waals surface area (Å²) >= 11 is 11.8. The summed E-state index contributed by atoms with van der Waals surface area (Å²) in [6, 6.07) is 34.5. The van der Waals surface area contributed by atoms with Crippen molar-refractivity contribution in [3.8, 4) is 11.5 Å². The van der Waals surface area contributed by atoms with E-state index in [1.165, 1.54) is 19.3 Å². The van der Waals surface area contributed by atoms with Crippen LogP contribution in [0.2, 0.25) is 10.0 Å². The van der Waals surface area contributed by atoms with Gasteiger partial charge in [0.25, 0.3) is 0 Å². The van der Waals surface area contributed by atoms with E-state index in [0.29, 0.717) is 41.6 Å². The Bertz CT molecular complexity index is 1640. The smallest absolute Gasteiger partial charge is 1.00 e. The molecule has 0 amide bonds. The van der Waals surface area contributed by atoms with Crippen LogP contribution >= 0.6 is 23.2 Å². The van der Waals surface area contributed by atoms with Crippen LogP contribution in [0.4, 0.5) is 0 Å². The van der Waals surface area contributed by atoms with Crippen LogP contribution in [-0.4, -0.2) is 109 Å². The van der Waals surface area contributed by atoms with Crippen LogP contribution < -0.4 is 26.5 Å². The summed E-state index contributed by atoms with van der Waals surface area (Å²) in [7, 11) is 0. The summed E-state index contributed by atoms with van der Waals surface area (Å²) < 4.78 is 16.7. The van der Waals surface area contributed by atoms with Crippen LogP contribution in [0.5, 0.6) is 11.5 Å². The Morgan fingerprint density at radius 2 is 1.18 bits per heavy atom. The van der Waals surface area contributed by atoms with E-state index in [-0.39, 0.29) is 53.2 Å². The molecule has 0 radical (unpaired) electrons. The molecule has 7 rings (SSSR count). The Balaban J connectivity index is 0.000000334. The van der Waals surface area contributed by atoms with E-state index in [2.05, 4.69) is 9.80 Å². The molecule has 3 unspecified atom stereocenters. The number of β-amino-alcohol motifs (C(OH)–C–C–N with tert-alkyl or cyclic N) is 1. The van der Waals surface area contributed by atoms with Crippen LogP contribution in [-0.2, 0) is 10.3 Å². The number of halogens is 3. The average Bonchev–Trinajstić information content (AvgIpc) is 3.79. The molecule has 3 heterocycles. The maximum atomic E-state index is 12.4. The van der Waals surface area contributed by atoms with Gasteiger partial charge in [-0.15, -0.1) is 0 Å². The number of likely N-dealkylation sites (tertiary alicyclic amines) is 2. The molecular formula is C46H59BrCl2MgN2O5. The second kappa shape index (κ2) is 27.6. The summed E-state index contributed by atoms with van der Waals surface area (Å²) in [5, 5.41) is 12.3. The quantitative estimate of drug-likeness (QED) is 0.0988. The Labute approximate surface area is 378 Å². The third kappa shape index (κ3) is 18.7. The molecule has 0 bridgehead atoms. The van der Waals surface area contributed by atoms with Gasteiger partial charge < -0.3 is 43.7 Å². The van der Waals surface area contributed by atoms with Gasteiger partial charge in [-0.3, -0.25) is 14.6 Å². The van der Waals surface area contributed by atoms with Crippen LogP contribution in [0.1, 0.15) is 61.4 Å². The van der Waals surface area contributed by atoms with Crippen molar-refractivity contribution >= 4 is 52.0 Å². The van der Waals surface area contributed by atoms with Crippen molar-refractivity contribution in [1.82, 2.24) is 9.80 Å². The Kier molecular flexibility index (Phi) is 24.6. The van der Waals surface area contributed by atoms with E-state index >= 15 is 0 Å². The zero-order valence-electron chi connectivity index (χ0n) is 33.7. The monoisotopic (exact) mass is 892 g/mol. The fourth-order valence-electron chi connectivity index (χ4n) is 7.10. The van der Waals surface area contributed by atoms with E-state index in [1.807, 2.05) is 91.9 Å². The van der Waals surface area contributed by atoms with E-state index in [1.54, 1.807) is 24.3 Å². The van der Waals surface area contributed by atoms with Crippen molar-refractivity contribution in [3.63, 3.8) is 0 Å². The predicted molar refractivity (Wildman–Crippen MR) is 231 cm³/mol. The van der Waals surface area contributed by atoms with Crippen molar-refractivity contribution in [2.75, 3.05) is 65.7 Å². The van der Waals surface area contributed by atoms with Crippen molar-refractivity contribution in [1.29, 1.82) is 0 Å². The minimum Gasteiger partial charge on any atom is -1.00 e. The fraction of sp³-hybridized carbons (Fsp3) is 0.435. The van der Waals surface area contributed by atoms with Gasteiger partial charge in [-0.1, -0.05) is 71.7 Å². The molecule has 3 aliphatic heterocycles. The van der Waals surface area contributed by atoms with Gasteiger partial charge in [-0.05, 0) is 125 Å². The van der Waals surface area contributed by atoms with Gasteiger partial charge in [0.1, 0.15) is 11.5 Å². The van der Waals surface area contributed by atoms with Crippen molar-refractivity contribution in [2.24, 2.45) is 11.8 Å². The zero-order valence-corrected chi connectivity index (χ0v) is 38.2. The molecule has 7 nitrogen and oxygen atoms in total. The second-order valence-electron chi connectivity index (χ2n) is 14.8. The molecule has 3 atom stereocenters. The Morgan fingerprint density at radius 1 is 0.719 bits per heavy atom. The molecule has 4 aromatic rings. The summed E-state index contributed by atoms with van der Waals surface area (Å²) in [5.74, 6) is 2.95. The molecule has 57 heavy (non-hydrogen) atoms. The normalized spacial score (nSPS) is 18.9. The molecule has 3 aliphatic rings. The number of hydrogen-bond acceptors (Lipinski definition) is 7. The van der Waals surface area contributed by atoms with Crippen LogP contribution in [0, 0.1) is 19.3 Å². The fourth-order valence-corrected chi connectivity index (χ4v) is 7.35. The average molecular weight is 895 g/mol. The maximum absolute atomic E-state index is 12.4. The van der Waals surface area contributed by atoms with Gasteiger partial charge in [0.15, 0.2) is 5.78 Å². The van der Waals surface area contributed by atoms with Crippen LogP contribution in [0.3, 0.4) is 0 Å². The first-order chi connectivity index (χ1) is 26.2. The minimum absolute atomic E-state index is 0. The summed E-state index contributed by atoms with van der Waals surface area (Å²) in [6.45, 7) is 10.2. The first-order valence-electron chi connectivity index (χ1n) is 19.4. The minimum atomic E-state index is -0.882. The SMILES string of the molecule is C1CCOC1.CC(O)(CN1CCCC(COc2ccccc2)C1)c1ccc(Cl)cc1.O=C(CN1CCCC(COc2ccccc2)C1)c1ccc(Cl)cc1.[Br-].[CH3-].[Mg+2]. The molecule has 3 fully saturated rings. The molecule has 1 N–H and O–H groups in total. The van der Waals surface area contributed by atoms with Gasteiger partial charge in [-0.2, -0.15) is 0 Å². The Hall–Kier alpha value is -2.18. The van der Waals surface area contributed by atoms with Gasteiger partial charge in [0.05, 0.1) is 25.4 Å². The number of carbonyl (C=O) groups is 1. The number of aliphatic hydroxyl groups is 1. The van der Waals surface area contributed by atoms with Crippen molar-refractivity contribution in [3.05, 3.63) is 138 Å². The van der Waals surface area contributed by atoms with Crippen molar-refractivity contribution in [2.45, 2.75) is 51.0 Å². The third-order valence-electron chi connectivity index (χ3n) is 10.0. The molecule has 4 aromatic carbocycles. The van der Waals surface area contributed by atoms with E-state index < -0.39 is 5.60 Å². The van der Waals surface area contributed by atoms with Gasteiger partial charge in [0.2, 0.25) is 0 Å². The molecule has 3 saturated heterocycles. The van der Waals surface area contributed by atoms with E-state index in [9.17, 15) is 9.90 Å². The standard InChI is InChI=1S/C21H26ClNO2.C20H22ClNO2.C4H8O.CH3.BrH.Mg/c1-21(24,18-9-11-19(22)12-10-18)16-23-13-5-6-17(14-23)15-25-20-7-3-2-4-8-20;21-18-10-8-17(9-11-18)20(23)14-22-12-4-5-16(13-22)15-24-19-6-2-1-3-7-19;1-2-4-5-3-1;;;/h2-4,7-12,17,24H,5-6,13-16H2,1H3;1-3,6-11,16H,4-5,12-15H2;1-4H2;1H3;1H;/q;;;-1;;+2/p-1. The first-order valence-corrected chi connectivity index (χ1v) is 20.1. The van der Waals surface area contributed by atoms with Gasteiger partial charge in [0, 0.05) is 60.3 Å². The summed E-state index contributed by atoms with van der Waals surface area (Å²) in [6.07, 6.45) is 7.13. The number of ketones is 1. The topological polar surface area (TPSA) is 71.5 Å². The number of carbonyl (C=O) groups excluding carboxylic acids is 1. The number of hydrogen-bond donors (Lipinski definition) is 1. The number of benzene rings is 4. The summed E-state index contributed by atoms with van der Waals surface area (Å²) in [5.41, 5.74) is 0.744. The zero-order chi connectivity index (χ0) is 38.0. The molecule has 11 heteroatoms. The van der Waals surface area contributed by atoms with Crippen LogP contribution in [0.25, 0.3) is 0 Å². The largest absolute Gasteiger partial charge is 2.00 e. The third-order valence-corrected chi connectivity index (χ3v) is 10.5. The molecule has 0 spiro atoms. The number of piperidine rings is 2. The molecule has 0 saturated carbocycles. The number of rotatable bonds is 12. The number of para-hydroxylation sites is 2. The second-order valence-corrected chi connectivity index (χ2v) is 15.6. The molecular weight excluding hydrogens is 836 g/mol. The molecule has 0 aliphatic carbocycles. The van der Waals surface area contributed by atoms with E-state index in [0.717, 1.165) is 87.9 Å². The van der Waals surface area contributed by atoms with Crippen LogP contribution in [0.15, 0.2) is 109 Å².